The van der Waals surface area contributed by atoms with Crippen LogP contribution in [0.5, 0.6) is 11.5 Å². The van der Waals surface area contributed by atoms with Crippen LogP contribution in [0, 0.1) is 0 Å². The first-order valence-electron chi connectivity index (χ1n) is 9.48. The Kier molecular flexibility index (Phi) is 5.62. The third-order valence-electron chi connectivity index (χ3n) is 4.45. The Bertz CT molecular complexity index is 1130. The molecule has 0 saturated heterocycles. The van der Waals surface area contributed by atoms with Crippen molar-refractivity contribution in [3.05, 3.63) is 76.4 Å². The van der Waals surface area contributed by atoms with Crippen molar-refractivity contribution >= 4 is 17.0 Å². The quantitative estimate of drug-likeness (QED) is 0.455. The van der Waals surface area contributed by atoms with Crippen LogP contribution < -0.4 is 14.3 Å². The summed E-state index contributed by atoms with van der Waals surface area (Å²) in [5.41, 5.74) is 4.97. The highest BCUT2D eigenvalue weighted by molar-refractivity contribution is 7.07. The predicted octanol–water partition coefficient (Wildman–Crippen LogP) is 4.74. The molecule has 5 nitrogen and oxygen atoms in total. The van der Waals surface area contributed by atoms with Gasteiger partial charge in [-0.25, -0.2) is 4.68 Å². The van der Waals surface area contributed by atoms with Crippen LogP contribution in [0.25, 0.3) is 11.3 Å². The summed E-state index contributed by atoms with van der Waals surface area (Å²) < 4.78 is 13.3. The lowest BCUT2D eigenvalue weighted by molar-refractivity contribution is 0.171. The highest BCUT2D eigenvalue weighted by Gasteiger charge is 2.14. The lowest BCUT2D eigenvalue weighted by Gasteiger charge is -2.18. The van der Waals surface area contributed by atoms with E-state index in [1.165, 1.54) is 0 Å². The molecular weight excluding hydrogens is 382 g/mol. The molecule has 0 N–H and O–H groups in total. The molecule has 0 radical (unpaired) electrons. The smallest absolute Gasteiger partial charge is 0.206 e. The van der Waals surface area contributed by atoms with E-state index in [1.807, 2.05) is 54.9 Å². The molecule has 0 aliphatic carbocycles. The van der Waals surface area contributed by atoms with E-state index < -0.39 is 0 Å². The Morgan fingerprint density at radius 2 is 1.83 bits per heavy atom. The molecule has 0 amide bonds. The van der Waals surface area contributed by atoms with E-state index in [2.05, 4.69) is 24.1 Å². The van der Waals surface area contributed by atoms with E-state index in [9.17, 15) is 0 Å². The van der Waals surface area contributed by atoms with Crippen molar-refractivity contribution in [1.82, 2.24) is 4.68 Å². The van der Waals surface area contributed by atoms with Crippen LogP contribution in [-0.2, 0) is 0 Å². The normalized spacial score (nSPS) is 14.1. The van der Waals surface area contributed by atoms with Gasteiger partial charge in [0.05, 0.1) is 18.0 Å². The summed E-state index contributed by atoms with van der Waals surface area (Å²) in [4.78, 5) is 5.54. The monoisotopic (exact) mass is 405 g/mol. The molecule has 6 heteroatoms. The van der Waals surface area contributed by atoms with Gasteiger partial charge in [-0.1, -0.05) is 42.5 Å². The maximum Gasteiger partial charge on any atom is 0.206 e. The van der Waals surface area contributed by atoms with Gasteiger partial charge in [0.2, 0.25) is 4.80 Å². The summed E-state index contributed by atoms with van der Waals surface area (Å²) >= 11 is 1.58. The van der Waals surface area contributed by atoms with E-state index in [-0.39, 0.29) is 0 Å². The molecular formula is C23H23N3O2S. The summed E-state index contributed by atoms with van der Waals surface area (Å²) in [5.74, 6) is 1.53. The maximum atomic E-state index is 5.72. The van der Waals surface area contributed by atoms with Crippen LogP contribution >= 0.6 is 11.3 Å². The van der Waals surface area contributed by atoms with Gasteiger partial charge in [-0.05, 0) is 32.0 Å². The Labute approximate surface area is 174 Å². The van der Waals surface area contributed by atoms with Gasteiger partial charge in [0.15, 0.2) is 11.5 Å². The SMILES string of the molecule is C=C(C)CN=c1scc(-c2ccccc2)n1N=C(C)c1ccc2c(c1)OCCO2. The van der Waals surface area contributed by atoms with Crippen molar-refractivity contribution in [2.24, 2.45) is 10.1 Å². The first-order chi connectivity index (χ1) is 14.1. The minimum atomic E-state index is 0.564. The standard InChI is InChI=1S/C23H23N3O2S/c1-16(2)14-24-23-26(20(15-29-23)18-7-5-4-6-8-18)25-17(3)19-9-10-21-22(13-19)28-12-11-27-21/h4-10,13,15H,1,11-12,14H2,2-3H3. The van der Waals surface area contributed by atoms with E-state index in [1.54, 1.807) is 11.3 Å². The number of aromatic nitrogens is 1. The third-order valence-corrected chi connectivity index (χ3v) is 5.30. The molecule has 1 aliphatic rings. The summed E-state index contributed by atoms with van der Waals surface area (Å²) in [7, 11) is 0. The van der Waals surface area contributed by atoms with Crippen LogP contribution in [0.4, 0.5) is 0 Å². The predicted molar refractivity (Wildman–Crippen MR) is 118 cm³/mol. The molecule has 4 rings (SSSR count). The Balaban J connectivity index is 1.79. The molecule has 3 aromatic rings. The maximum absolute atomic E-state index is 5.72. The third kappa shape index (κ3) is 4.32. The van der Waals surface area contributed by atoms with E-state index >= 15 is 0 Å². The fourth-order valence-corrected chi connectivity index (χ4v) is 3.82. The number of hydrogen-bond donors (Lipinski definition) is 0. The number of thiazole rings is 1. The van der Waals surface area contributed by atoms with Gasteiger partial charge in [0, 0.05) is 16.5 Å². The highest BCUT2D eigenvalue weighted by Crippen LogP contribution is 2.31. The van der Waals surface area contributed by atoms with Crippen molar-refractivity contribution < 1.29 is 9.47 Å². The first kappa shape index (κ1) is 19.2. The lowest BCUT2D eigenvalue weighted by Crippen LogP contribution is -2.16. The molecule has 2 heterocycles. The molecule has 0 atom stereocenters. The summed E-state index contributed by atoms with van der Waals surface area (Å²) in [6, 6.07) is 16.1. The number of ether oxygens (including phenoxy) is 2. The average molecular weight is 406 g/mol. The zero-order valence-electron chi connectivity index (χ0n) is 16.6. The number of rotatable bonds is 5. The summed E-state index contributed by atoms with van der Waals surface area (Å²) in [6.07, 6.45) is 0. The Morgan fingerprint density at radius 3 is 2.59 bits per heavy atom. The number of fused-ring (bicyclic) bond motifs is 1. The van der Waals surface area contributed by atoms with Crippen molar-refractivity contribution in [2.45, 2.75) is 13.8 Å². The lowest BCUT2D eigenvalue weighted by atomic mass is 10.1. The van der Waals surface area contributed by atoms with Crippen LogP contribution in [0.15, 0.2) is 76.2 Å². The van der Waals surface area contributed by atoms with Gasteiger partial charge in [0.25, 0.3) is 0 Å². The van der Waals surface area contributed by atoms with Crippen LogP contribution in [-0.4, -0.2) is 30.1 Å². The van der Waals surface area contributed by atoms with Crippen molar-refractivity contribution in [3.63, 3.8) is 0 Å². The topological polar surface area (TPSA) is 48.1 Å². The molecule has 148 valence electrons. The van der Waals surface area contributed by atoms with Gasteiger partial charge in [0.1, 0.15) is 13.2 Å². The molecule has 0 spiro atoms. The summed E-state index contributed by atoms with van der Waals surface area (Å²) in [5, 5.41) is 7.01. The van der Waals surface area contributed by atoms with Crippen molar-refractivity contribution in [1.29, 1.82) is 0 Å². The van der Waals surface area contributed by atoms with Gasteiger partial charge in [-0.3, -0.25) is 4.99 Å². The molecule has 29 heavy (non-hydrogen) atoms. The van der Waals surface area contributed by atoms with Gasteiger partial charge in [-0.15, -0.1) is 11.3 Å². The van der Waals surface area contributed by atoms with E-state index in [4.69, 9.17) is 19.6 Å². The van der Waals surface area contributed by atoms with Gasteiger partial charge in [-0.2, -0.15) is 5.10 Å². The van der Waals surface area contributed by atoms with E-state index in [0.29, 0.717) is 19.8 Å². The molecule has 2 aromatic carbocycles. The van der Waals surface area contributed by atoms with Crippen LogP contribution in [0.2, 0.25) is 0 Å². The number of benzene rings is 2. The van der Waals surface area contributed by atoms with Crippen LogP contribution in [0.3, 0.4) is 0 Å². The van der Waals surface area contributed by atoms with Gasteiger partial charge >= 0.3 is 0 Å². The molecule has 0 fully saturated rings. The molecule has 1 aromatic heterocycles. The van der Waals surface area contributed by atoms with Crippen molar-refractivity contribution in [2.75, 3.05) is 19.8 Å². The highest BCUT2D eigenvalue weighted by atomic mass is 32.1. The molecule has 0 saturated carbocycles. The molecule has 1 aliphatic heterocycles. The van der Waals surface area contributed by atoms with Crippen molar-refractivity contribution in [3.8, 4) is 22.8 Å². The summed E-state index contributed by atoms with van der Waals surface area (Å²) in [6.45, 7) is 9.64. The Morgan fingerprint density at radius 1 is 1.07 bits per heavy atom. The second kappa shape index (κ2) is 8.49. The number of nitrogens with zero attached hydrogens (tertiary/aromatic N) is 3. The minimum absolute atomic E-state index is 0.564. The number of hydrogen-bond acceptors (Lipinski definition) is 5. The zero-order chi connectivity index (χ0) is 20.2. The largest absolute Gasteiger partial charge is 0.486 e. The second-order valence-electron chi connectivity index (χ2n) is 6.90. The second-order valence-corrected chi connectivity index (χ2v) is 7.74. The van der Waals surface area contributed by atoms with Gasteiger partial charge < -0.3 is 9.47 Å². The van der Waals surface area contributed by atoms with Crippen LogP contribution in [0.1, 0.15) is 19.4 Å². The fourth-order valence-electron chi connectivity index (χ4n) is 2.99. The average Bonchev–Trinajstić information content (AvgIpc) is 3.14. The minimum Gasteiger partial charge on any atom is -0.486 e. The first-order valence-corrected chi connectivity index (χ1v) is 10.4. The zero-order valence-corrected chi connectivity index (χ0v) is 17.4. The molecule has 0 unspecified atom stereocenters. The van der Waals surface area contributed by atoms with E-state index in [0.717, 1.165) is 44.4 Å². The Hall–Kier alpha value is -3.12. The fraction of sp³-hybridized carbons (Fsp3) is 0.217. The molecule has 0 bridgehead atoms.